The molecule has 0 aromatic carbocycles. The molecule has 3 rings (SSSR count). The Bertz CT molecular complexity index is 485. The molecular formula is C13H20N4O2. The van der Waals surface area contributed by atoms with E-state index >= 15 is 0 Å². The minimum Gasteiger partial charge on any atom is -0.481 e. The molecule has 2 heterocycles. The van der Waals surface area contributed by atoms with Crippen LogP contribution in [0.2, 0.25) is 0 Å². The van der Waals surface area contributed by atoms with Crippen molar-refractivity contribution in [1.29, 1.82) is 0 Å². The van der Waals surface area contributed by atoms with Gasteiger partial charge in [0.25, 0.3) is 0 Å². The van der Waals surface area contributed by atoms with Crippen molar-refractivity contribution in [3.63, 3.8) is 0 Å². The van der Waals surface area contributed by atoms with E-state index in [-0.39, 0.29) is 5.92 Å². The summed E-state index contributed by atoms with van der Waals surface area (Å²) in [4.78, 5) is 13.5. The molecular weight excluding hydrogens is 244 g/mol. The van der Waals surface area contributed by atoms with E-state index in [0.29, 0.717) is 18.9 Å². The second-order valence-electron chi connectivity index (χ2n) is 5.76. The largest absolute Gasteiger partial charge is 0.481 e. The molecule has 0 radical (unpaired) electrons. The molecule has 1 aliphatic carbocycles. The van der Waals surface area contributed by atoms with Gasteiger partial charge in [-0.05, 0) is 39.3 Å². The number of aromatic nitrogens is 3. The number of fused-ring (bicyclic) bond motifs is 1. The number of hydrogen-bond acceptors (Lipinski definition) is 4. The molecule has 6 heteroatoms. The summed E-state index contributed by atoms with van der Waals surface area (Å²) in [5.74, 6) is -0.967. The Hall–Kier alpha value is -1.43. The van der Waals surface area contributed by atoms with Crippen LogP contribution in [-0.2, 0) is 17.6 Å². The Morgan fingerprint density at radius 3 is 3.00 bits per heavy atom. The van der Waals surface area contributed by atoms with Crippen molar-refractivity contribution < 1.29 is 9.90 Å². The van der Waals surface area contributed by atoms with E-state index in [1.807, 2.05) is 4.68 Å². The van der Waals surface area contributed by atoms with Gasteiger partial charge < -0.3 is 10.0 Å². The molecule has 6 nitrogen and oxygen atoms in total. The third-order valence-corrected chi connectivity index (χ3v) is 4.34. The quantitative estimate of drug-likeness (QED) is 0.853. The second-order valence-corrected chi connectivity index (χ2v) is 5.76. The zero-order chi connectivity index (χ0) is 13.4. The first-order valence-corrected chi connectivity index (χ1v) is 6.99. The Kier molecular flexibility index (Phi) is 3.26. The van der Waals surface area contributed by atoms with E-state index in [4.69, 9.17) is 0 Å². The fourth-order valence-electron chi connectivity index (χ4n) is 3.24. The van der Waals surface area contributed by atoms with Crippen LogP contribution in [0.3, 0.4) is 0 Å². The van der Waals surface area contributed by atoms with Crippen LogP contribution in [0, 0.1) is 5.92 Å². The smallest absolute Gasteiger partial charge is 0.306 e. The van der Waals surface area contributed by atoms with Crippen LogP contribution in [0.5, 0.6) is 0 Å². The van der Waals surface area contributed by atoms with Crippen molar-refractivity contribution in [2.45, 2.75) is 38.1 Å². The molecule has 1 saturated heterocycles. The molecule has 1 aromatic heterocycles. The van der Waals surface area contributed by atoms with Crippen molar-refractivity contribution in [3.05, 3.63) is 11.4 Å². The average molecular weight is 264 g/mol. The molecule has 104 valence electrons. The highest BCUT2D eigenvalue weighted by atomic mass is 16.4. The lowest BCUT2D eigenvalue weighted by Crippen LogP contribution is -2.35. The van der Waals surface area contributed by atoms with Crippen molar-refractivity contribution in [1.82, 2.24) is 19.9 Å². The lowest BCUT2D eigenvalue weighted by atomic mass is 9.89. The highest BCUT2D eigenvalue weighted by molar-refractivity contribution is 5.70. The van der Waals surface area contributed by atoms with Gasteiger partial charge in [0.05, 0.1) is 23.3 Å². The van der Waals surface area contributed by atoms with Crippen molar-refractivity contribution in [2.24, 2.45) is 5.92 Å². The number of carboxylic acid groups (broad SMARTS) is 1. The zero-order valence-corrected chi connectivity index (χ0v) is 11.2. The number of carboxylic acids is 1. The van der Waals surface area contributed by atoms with E-state index in [1.54, 1.807) is 0 Å². The minimum atomic E-state index is -0.695. The molecule has 0 saturated carbocycles. The van der Waals surface area contributed by atoms with Crippen LogP contribution in [0.15, 0.2) is 0 Å². The first kappa shape index (κ1) is 12.6. The summed E-state index contributed by atoms with van der Waals surface area (Å²) in [5.41, 5.74) is 2.06. The Labute approximate surface area is 112 Å². The Morgan fingerprint density at radius 2 is 2.26 bits per heavy atom. The van der Waals surface area contributed by atoms with Gasteiger partial charge in [-0.25, -0.2) is 4.68 Å². The van der Waals surface area contributed by atoms with E-state index in [2.05, 4.69) is 22.3 Å². The van der Waals surface area contributed by atoms with E-state index in [9.17, 15) is 9.90 Å². The molecule has 2 atom stereocenters. The van der Waals surface area contributed by atoms with Crippen LogP contribution in [0.1, 0.15) is 36.7 Å². The maximum Gasteiger partial charge on any atom is 0.306 e. The molecule has 1 aliphatic heterocycles. The summed E-state index contributed by atoms with van der Waals surface area (Å²) in [7, 11) is 2.12. The van der Waals surface area contributed by atoms with Gasteiger partial charge in [0.15, 0.2) is 0 Å². The molecule has 19 heavy (non-hydrogen) atoms. The van der Waals surface area contributed by atoms with Gasteiger partial charge in [-0.3, -0.25) is 4.79 Å². The topological polar surface area (TPSA) is 71.2 Å². The monoisotopic (exact) mass is 264 g/mol. The molecule has 0 unspecified atom stereocenters. The van der Waals surface area contributed by atoms with Gasteiger partial charge in [-0.1, -0.05) is 5.21 Å². The number of carbonyl (C=O) groups is 1. The predicted molar refractivity (Wildman–Crippen MR) is 68.9 cm³/mol. The third-order valence-electron chi connectivity index (χ3n) is 4.34. The van der Waals surface area contributed by atoms with E-state index in [0.717, 1.165) is 43.7 Å². The lowest BCUT2D eigenvalue weighted by Gasteiger charge is -2.31. The first-order valence-electron chi connectivity index (χ1n) is 6.99. The summed E-state index contributed by atoms with van der Waals surface area (Å²) in [6.45, 7) is 2.11. The maximum absolute atomic E-state index is 11.2. The molecule has 1 fully saturated rings. The van der Waals surface area contributed by atoms with Gasteiger partial charge >= 0.3 is 5.97 Å². The normalized spacial score (nSPS) is 28.1. The SMILES string of the molecule is CN1CCC[C@H](n2nnc3c2C[C@@H](C(=O)O)CC3)C1. The molecule has 0 amide bonds. The number of aryl methyl sites for hydroxylation is 1. The van der Waals surface area contributed by atoms with Crippen LogP contribution in [0.4, 0.5) is 0 Å². The predicted octanol–water partition coefficient (Wildman–Crippen LogP) is 0.734. The van der Waals surface area contributed by atoms with E-state index in [1.165, 1.54) is 0 Å². The van der Waals surface area contributed by atoms with Gasteiger partial charge in [-0.15, -0.1) is 5.10 Å². The lowest BCUT2D eigenvalue weighted by molar-refractivity contribution is -0.142. The van der Waals surface area contributed by atoms with Crippen LogP contribution in [-0.4, -0.2) is 51.1 Å². The number of likely N-dealkylation sites (N-methyl/N-ethyl adjacent to an activating group) is 1. The van der Waals surface area contributed by atoms with Crippen LogP contribution in [0.25, 0.3) is 0 Å². The number of rotatable bonds is 2. The van der Waals surface area contributed by atoms with Gasteiger partial charge in [0, 0.05) is 13.0 Å². The summed E-state index contributed by atoms with van der Waals surface area (Å²) < 4.78 is 2.00. The highest BCUT2D eigenvalue weighted by Gasteiger charge is 2.31. The molecule has 1 N–H and O–H groups in total. The summed E-state index contributed by atoms with van der Waals surface area (Å²) in [6, 6.07) is 0.350. The Morgan fingerprint density at radius 1 is 1.42 bits per heavy atom. The number of likely N-dealkylation sites (tertiary alicyclic amines) is 1. The fraction of sp³-hybridized carbons (Fsp3) is 0.769. The molecule has 2 aliphatic rings. The zero-order valence-electron chi connectivity index (χ0n) is 11.2. The fourth-order valence-corrected chi connectivity index (χ4v) is 3.24. The van der Waals surface area contributed by atoms with Crippen LogP contribution >= 0.6 is 0 Å². The number of nitrogens with zero attached hydrogens (tertiary/aromatic N) is 4. The highest BCUT2D eigenvalue weighted by Crippen LogP contribution is 2.28. The third kappa shape index (κ3) is 2.36. The summed E-state index contributed by atoms with van der Waals surface area (Å²) >= 11 is 0. The Balaban J connectivity index is 1.84. The van der Waals surface area contributed by atoms with Gasteiger partial charge in [-0.2, -0.15) is 0 Å². The molecule has 0 bridgehead atoms. The van der Waals surface area contributed by atoms with Crippen LogP contribution < -0.4 is 0 Å². The number of piperidine rings is 1. The maximum atomic E-state index is 11.2. The van der Waals surface area contributed by atoms with Crippen molar-refractivity contribution in [3.8, 4) is 0 Å². The summed E-state index contributed by atoms with van der Waals surface area (Å²) in [5, 5.41) is 17.7. The first-order chi connectivity index (χ1) is 9.15. The number of aliphatic carboxylic acids is 1. The standard InChI is InChI=1S/C13H20N4O2/c1-16-6-2-3-10(8-16)17-12-7-9(13(18)19)4-5-11(12)14-15-17/h9-10H,2-8H2,1H3,(H,18,19)/t9-,10-/m0/s1. The van der Waals surface area contributed by atoms with Crippen molar-refractivity contribution in [2.75, 3.05) is 20.1 Å². The molecule has 0 spiro atoms. The second kappa shape index (κ2) is 4.92. The van der Waals surface area contributed by atoms with Gasteiger partial charge in [0.1, 0.15) is 0 Å². The summed E-state index contributed by atoms with van der Waals surface area (Å²) in [6.07, 6.45) is 4.29. The average Bonchev–Trinajstić information content (AvgIpc) is 2.81. The van der Waals surface area contributed by atoms with E-state index < -0.39 is 5.97 Å². The molecule has 1 aromatic rings. The number of hydrogen-bond donors (Lipinski definition) is 1. The van der Waals surface area contributed by atoms with Crippen molar-refractivity contribution >= 4 is 5.97 Å². The van der Waals surface area contributed by atoms with Gasteiger partial charge in [0.2, 0.25) is 0 Å². The minimum absolute atomic E-state index is 0.272.